The van der Waals surface area contributed by atoms with E-state index in [4.69, 9.17) is 0 Å². The molecule has 3 heterocycles. The first kappa shape index (κ1) is 15.7. The Labute approximate surface area is 149 Å². The number of thioether (sulfide) groups is 1. The molecule has 1 aromatic carbocycles. The predicted molar refractivity (Wildman–Crippen MR) is 97.0 cm³/mol. The lowest BCUT2D eigenvalue weighted by Crippen LogP contribution is -2.52. The maximum Gasteiger partial charge on any atom is 0.256 e. The molecule has 0 bridgehead atoms. The Morgan fingerprint density at radius 1 is 1.25 bits per heavy atom. The Morgan fingerprint density at radius 2 is 2.04 bits per heavy atom. The van der Waals surface area contributed by atoms with E-state index in [0.29, 0.717) is 6.54 Å². The minimum absolute atomic E-state index is 0.0371. The van der Waals surface area contributed by atoms with E-state index in [1.54, 1.807) is 28.0 Å². The average Bonchev–Trinajstić information content (AvgIpc) is 3.22. The summed E-state index contributed by atoms with van der Waals surface area (Å²) in [6, 6.07) is 11.2. The number of fused-ring (bicyclic) bond motifs is 3. The van der Waals surface area contributed by atoms with Gasteiger partial charge in [0.05, 0.1) is 6.54 Å². The van der Waals surface area contributed by atoms with E-state index >= 15 is 0 Å². The zero-order valence-corrected chi connectivity index (χ0v) is 15.1. The molecule has 124 valence electrons. The van der Waals surface area contributed by atoms with Gasteiger partial charge in [0, 0.05) is 15.2 Å². The lowest BCUT2D eigenvalue weighted by molar-refractivity contribution is -0.126. The van der Waals surface area contributed by atoms with Crippen molar-refractivity contribution in [2.24, 2.45) is 0 Å². The van der Waals surface area contributed by atoms with Crippen molar-refractivity contribution in [3.63, 3.8) is 0 Å². The number of thiophene rings is 1. The molecule has 24 heavy (non-hydrogen) atoms. The number of hydrogen-bond acceptors (Lipinski definition) is 4. The van der Waals surface area contributed by atoms with Gasteiger partial charge in [-0.3, -0.25) is 9.59 Å². The summed E-state index contributed by atoms with van der Waals surface area (Å²) in [5, 5.41) is 4.93. The number of rotatable bonds is 3. The van der Waals surface area contributed by atoms with Crippen LogP contribution in [0.1, 0.15) is 40.0 Å². The van der Waals surface area contributed by atoms with Crippen LogP contribution in [0.4, 0.5) is 0 Å². The summed E-state index contributed by atoms with van der Waals surface area (Å²) >= 11 is 3.31. The van der Waals surface area contributed by atoms with E-state index in [2.05, 4.69) is 5.32 Å². The van der Waals surface area contributed by atoms with Crippen LogP contribution in [0.3, 0.4) is 0 Å². The molecule has 2 aliphatic heterocycles. The van der Waals surface area contributed by atoms with Crippen molar-refractivity contribution in [3.05, 3.63) is 57.8 Å². The van der Waals surface area contributed by atoms with E-state index in [1.165, 1.54) is 0 Å². The monoisotopic (exact) mass is 358 g/mol. The van der Waals surface area contributed by atoms with Gasteiger partial charge in [-0.25, -0.2) is 0 Å². The minimum Gasteiger partial charge on any atom is -0.349 e. The van der Waals surface area contributed by atoms with Gasteiger partial charge >= 0.3 is 0 Å². The Kier molecular flexibility index (Phi) is 3.69. The summed E-state index contributed by atoms with van der Waals surface area (Å²) in [5.74, 6) is -0.116. The third kappa shape index (κ3) is 2.36. The van der Waals surface area contributed by atoms with Gasteiger partial charge in [-0.15, -0.1) is 23.1 Å². The van der Waals surface area contributed by atoms with Crippen LogP contribution in [0.15, 0.2) is 41.8 Å². The summed E-state index contributed by atoms with van der Waals surface area (Å²) in [6.45, 7) is 4.59. The quantitative estimate of drug-likeness (QED) is 0.915. The number of nitrogens with one attached hydrogen (secondary N) is 1. The molecule has 6 heteroatoms. The van der Waals surface area contributed by atoms with Crippen molar-refractivity contribution in [1.82, 2.24) is 10.2 Å². The largest absolute Gasteiger partial charge is 0.349 e. The van der Waals surface area contributed by atoms with Crippen molar-refractivity contribution in [2.75, 3.05) is 0 Å². The van der Waals surface area contributed by atoms with E-state index in [-0.39, 0.29) is 21.9 Å². The molecule has 0 radical (unpaired) electrons. The summed E-state index contributed by atoms with van der Waals surface area (Å²) in [4.78, 5) is 28.6. The third-order valence-corrected chi connectivity index (χ3v) is 6.97. The molecule has 0 spiro atoms. The van der Waals surface area contributed by atoms with E-state index in [9.17, 15) is 9.59 Å². The average molecular weight is 358 g/mol. The van der Waals surface area contributed by atoms with Crippen LogP contribution in [0.2, 0.25) is 0 Å². The molecule has 1 saturated heterocycles. The molecule has 2 amide bonds. The Morgan fingerprint density at radius 3 is 2.79 bits per heavy atom. The first-order valence-electron chi connectivity index (χ1n) is 7.88. The minimum atomic E-state index is -0.465. The van der Waals surface area contributed by atoms with Crippen molar-refractivity contribution in [1.29, 1.82) is 0 Å². The first-order valence-corrected chi connectivity index (χ1v) is 9.64. The number of hydrogen-bond donors (Lipinski definition) is 1. The predicted octanol–water partition coefficient (Wildman–Crippen LogP) is 3.41. The summed E-state index contributed by atoms with van der Waals surface area (Å²) in [5.41, 5.74) is 1.75. The number of benzene rings is 1. The fraction of sp³-hybridized carbons (Fsp3) is 0.333. The van der Waals surface area contributed by atoms with Gasteiger partial charge < -0.3 is 10.2 Å². The van der Waals surface area contributed by atoms with Crippen LogP contribution in [0, 0.1) is 0 Å². The van der Waals surface area contributed by atoms with Gasteiger partial charge in [0.2, 0.25) is 5.91 Å². The third-order valence-electron chi connectivity index (χ3n) is 4.56. The topological polar surface area (TPSA) is 49.4 Å². The highest BCUT2D eigenvalue weighted by molar-refractivity contribution is 8.01. The molecule has 2 atom stereocenters. The van der Waals surface area contributed by atoms with Crippen LogP contribution in [-0.2, 0) is 11.3 Å². The first-order chi connectivity index (χ1) is 11.5. The number of amides is 2. The molecule has 1 fully saturated rings. The molecule has 2 aromatic rings. The standard InChI is InChI=1S/C18H18N2O2S2/c1-18(2)14(15(21)19-10-11-6-5-9-23-11)20-16(22)12-7-3-4-8-13(12)17(20)24-18/h3-9,14,17H,10H2,1-2H3,(H,19,21)/t14-,17+/m1/s1. The fourth-order valence-corrected chi connectivity index (χ4v) is 5.72. The van der Waals surface area contributed by atoms with Gasteiger partial charge in [0.15, 0.2) is 0 Å². The van der Waals surface area contributed by atoms with Crippen molar-refractivity contribution in [3.8, 4) is 0 Å². The Hall–Kier alpha value is -1.79. The molecule has 4 rings (SSSR count). The SMILES string of the molecule is CC1(C)S[C@H]2c3ccccc3C(=O)N2[C@@H]1C(=O)NCc1cccs1. The van der Waals surface area contributed by atoms with E-state index < -0.39 is 6.04 Å². The van der Waals surface area contributed by atoms with Gasteiger partial charge in [-0.2, -0.15) is 0 Å². The smallest absolute Gasteiger partial charge is 0.256 e. The van der Waals surface area contributed by atoms with Crippen molar-refractivity contribution >= 4 is 34.9 Å². The summed E-state index contributed by atoms with van der Waals surface area (Å²) in [6.07, 6.45) is 0. The normalized spacial score (nSPS) is 23.9. The van der Waals surface area contributed by atoms with Crippen LogP contribution < -0.4 is 5.32 Å². The molecular weight excluding hydrogens is 340 g/mol. The highest BCUT2D eigenvalue weighted by atomic mass is 32.2. The highest BCUT2D eigenvalue weighted by Gasteiger charge is 2.57. The summed E-state index contributed by atoms with van der Waals surface area (Å²) < 4.78 is -0.326. The second-order valence-corrected chi connectivity index (χ2v) is 9.34. The molecule has 4 nitrogen and oxygen atoms in total. The van der Waals surface area contributed by atoms with Crippen molar-refractivity contribution < 1.29 is 9.59 Å². The molecule has 1 N–H and O–H groups in total. The number of carbonyl (C=O) groups is 2. The second kappa shape index (κ2) is 5.63. The molecule has 0 aliphatic carbocycles. The van der Waals surface area contributed by atoms with Crippen molar-refractivity contribution in [2.45, 2.75) is 36.6 Å². The Balaban J connectivity index is 1.61. The summed E-state index contributed by atoms with van der Waals surface area (Å²) in [7, 11) is 0. The van der Waals surface area contributed by atoms with E-state index in [1.807, 2.05) is 55.6 Å². The highest BCUT2D eigenvalue weighted by Crippen LogP contribution is 2.56. The molecule has 2 aliphatic rings. The molecule has 0 unspecified atom stereocenters. The van der Waals surface area contributed by atoms with E-state index in [0.717, 1.165) is 16.0 Å². The van der Waals surface area contributed by atoms with Gasteiger partial charge in [0.25, 0.3) is 5.91 Å². The van der Waals surface area contributed by atoms with Gasteiger partial charge in [-0.1, -0.05) is 24.3 Å². The zero-order chi connectivity index (χ0) is 16.9. The molecule has 0 saturated carbocycles. The molecular formula is C18H18N2O2S2. The maximum absolute atomic E-state index is 12.9. The number of carbonyl (C=O) groups excluding carboxylic acids is 2. The lowest BCUT2D eigenvalue weighted by atomic mass is 10.0. The molecule has 1 aromatic heterocycles. The van der Waals surface area contributed by atoms with Crippen LogP contribution >= 0.6 is 23.1 Å². The lowest BCUT2D eigenvalue weighted by Gasteiger charge is -2.29. The Bertz CT molecular complexity index is 801. The fourth-order valence-electron chi connectivity index (χ4n) is 3.49. The maximum atomic E-state index is 12.9. The van der Waals surface area contributed by atoms with Gasteiger partial charge in [0.1, 0.15) is 11.4 Å². The zero-order valence-electron chi connectivity index (χ0n) is 13.5. The van der Waals surface area contributed by atoms with Crippen LogP contribution in [-0.4, -0.2) is 27.5 Å². The van der Waals surface area contributed by atoms with Gasteiger partial charge in [-0.05, 0) is 36.9 Å². The van der Waals surface area contributed by atoms with Crippen LogP contribution in [0.25, 0.3) is 0 Å². The van der Waals surface area contributed by atoms with Crippen LogP contribution in [0.5, 0.6) is 0 Å². The number of nitrogens with zero attached hydrogens (tertiary/aromatic N) is 1. The second-order valence-electron chi connectivity index (χ2n) is 6.57.